The van der Waals surface area contributed by atoms with Crippen molar-refractivity contribution in [2.24, 2.45) is 5.73 Å². The van der Waals surface area contributed by atoms with Gasteiger partial charge in [0.1, 0.15) is 0 Å². The molecular weight excluding hydrogens is 292 g/mol. The molecule has 7 heteroatoms. The highest BCUT2D eigenvalue weighted by atomic mass is 32.2. The van der Waals surface area contributed by atoms with Gasteiger partial charge >= 0.3 is 0 Å². The fourth-order valence-electron chi connectivity index (χ4n) is 1.90. The molecule has 6 nitrogen and oxygen atoms in total. The Balaban J connectivity index is 2.48. The first-order chi connectivity index (χ1) is 10.0. The zero-order chi connectivity index (χ0) is 15.7. The maximum Gasteiger partial charge on any atom is 0.211 e. The van der Waals surface area contributed by atoms with E-state index in [0.29, 0.717) is 37.4 Å². The molecule has 0 spiro atoms. The summed E-state index contributed by atoms with van der Waals surface area (Å²) < 4.78 is 36.4. The number of ether oxygens (including phenoxy) is 2. The van der Waals surface area contributed by atoms with E-state index < -0.39 is 10.0 Å². The quantitative estimate of drug-likeness (QED) is 0.626. The summed E-state index contributed by atoms with van der Waals surface area (Å²) >= 11 is 0. The van der Waals surface area contributed by atoms with Crippen LogP contribution in [0.25, 0.3) is 0 Å². The van der Waals surface area contributed by atoms with Crippen molar-refractivity contribution in [2.75, 3.05) is 33.1 Å². The van der Waals surface area contributed by atoms with Crippen LogP contribution in [0.3, 0.4) is 0 Å². The number of hydrogen-bond donors (Lipinski definition) is 2. The summed E-state index contributed by atoms with van der Waals surface area (Å²) in [6, 6.07) is 5.55. The molecule has 1 aromatic rings. The van der Waals surface area contributed by atoms with Gasteiger partial charge in [-0.25, -0.2) is 13.1 Å². The summed E-state index contributed by atoms with van der Waals surface area (Å²) in [6.45, 7) is 0.877. The van der Waals surface area contributed by atoms with Crippen LogP contribution in [0.1, 0.15) is 18.4 Å². The number of rotatable bonds is 10. The SMILES string of the molecule is COc1ccc(CCNS(=O)(=O)CCCCN)cc1OC. The van der Waals surface area contributed by atoms with Crippen LogP contribution in [0, 0.1) is 0 Å². The molecule has 3 N–H and O–H groups in total. The Hall–Kier alpha value is -1.31. The van der Waals surface area contributed by atoms with Crippen LogP contribution in [0.5, 0.6) is 11.5 Å². The molecule has 0 amide bonds. The Morgan fingerprint density at radius 1 is 1.14 bits per heavy atom. The molecule has 0 fully saturated rings. The molecule has 0 atom stereocenters. The zero-order valence-corrected chi connectivity index (χ0v) is 13.4. The second-order valence-electron chi connectivity index (χ2n) is 4.65. The van der Waals surface area contributed by atoms with Gasteiger partial charge in [0.05, 0.1) is 20.0 Å². The first kappa shape index (κ1) is 17.7. The minimum Gasteiger partial charge on any atom is -0.493 e. The number of unbranched alkanes of at least 4 members (excludes halogenated alkanes) is 1. The van der Waals surface area contributed by atoms with Crippen molar-refractivity contribution < 1.29 is 17.9 Å². The summed E-state index contributed by atoms with van der Waals surface area (Å²) in [4.78, 5) is 0. The fourth-order valence-corrected chi connectivity index (χ4v) is 3.04. The molecule has 21 heavy (non-hydrogen) atoms. The van der Waals surface area contributed by atoms with Gasteiger partial charge in [-0.3, -0.25) is 0 Å². The molecule has 1 aromatic carbocycles. The number of methoxy groups -OCH3 is 2. The molecule has 1 rings (SSSR count). The standard InChI is InChI=1S/C14H24N2O4S/c1-19-13-6-5-12(11-14(13)20-2)7-9-16-21(17,18)10-4-3-8-15/h5-6,11,16H,3-4,7-10,15H2,1-2H3. The van der Waals surface area contributed by atoms with Crippen LogP contribution in [-0.2, 0) is 16.4 Å². The highest BCUT2D eigenvalue weighted by Crippen LogP contribution is 2.27. The number of sulfonamides is 1. The first-order valence-corrected chi connectivity index (χ1v) is 8.56. The normalized spacial score (nSPS) is 11.4. The second-order valence-corrected chi connectivity index (χ2v) is 6.57. The number of nitrogens with two attached hydrogens (primary N) is 1. The van der Waals surface area contributed by atoms with Gasteiger partial charge < -0.3 is 15.2 Å². The van der Waals surface area contributed by atoms with Crippen LogP contribution >= 0.6 is 0 Å². The fraction of sp³-hybridized carbons (Fsp3) is 0.571. The van der Waals surface area contributed by atoms with Gasteiger partial charge in [-0.15, -0.1) is 0 Å². The van der Waals surface area contributed by atoms with Crippen molar-refractivity contribution in [2.45, 2.75) is 19.3 Å². The maximum absolute atomic E-state index is 11.7. The lowest BCUT2D eigenvalue weighted by Crippen LogP contribution is -2.28. The van der Waals surface area contributed by atoms with Crippen molar-refractivity contribution in [3.63, 3.8) is 0 Å². The molecule has 0 unspecified atom stereocenters. The van der Waals surface area contributed by atoms with Crippen molar-refractivity contribution in [1.29, 1.82) is 0 Å². The summed E-state index contributed by atoms with van der Waals surface area (Å²) in [5, 5.41) is 0. The maximum atomic E-state index is 11.7. The Kier molecular flexibility index (Phi) is 7.49. The van der Waals surface area contributed by atoms with E-state index in [1.807, 2.05) is 18.2 Å². The number of benzene rings is 1. The average Bonchev–Trinajstić information content (AvgIpc) is 2.47. The van der Waals surface area contributed by atoms with E-state index in [-0.39, 0.29) is 5.75 Å². The van der Waals surface area contributed by atoms with Crippen LogP contribution < -0.4 is 19.9 Å². The van der Waals surface area contributed by atoms with Gasteiger partial charge in [0.25, 0.3) is 0 Å². The molecule has 0 aromatic heterocycles. The largest absolute Gasteiger partial charge is 0.493 e. The lowest BCUT2D eigenvalue weighted by Gasteiger charge is -2.10. The summed E-state index contributed by atoms with van der Waals surface area (Å²) in [5.74, 6) is 1.42. The van der Waals surface area contributed by atoms with Gasteiger partial charge in [0.2, 0.25) is 10.0 Å². The third kappa shape index (κ3) is 6.33. The average molecular weight is 316 g/mol. The molecule has 0 aliphatic carbocycles. The Bertz CT molecular complexity index is 532. The molecule has 0 heterocycles. The van der Waals surface area contributed by atoms with E-state index in [0.717, 1.165) is 12.0 Å². The summed E-state index contributed by atoms with van der Waals surface area (Å²) in [6.07, 6.45) is 1.90. The van der Waals surface area contributed by atoms with E-state index in [2.05, 4.69) is 4.72 Å². The Morgan fingerprint density at radius 3 is 2.48 bits per heavy atom. The third-order valence-corrected chi connectivity index (χ3v) is 4.52. The van der Waals surface area contributed by atoms with Crippen molar-refractivity contribution in [1.82, 2.24) is 4.72 Å². The number of hydrogen-bond acceptors (Lipinski definition) is 5. The van der Waals surface area contributed by atoms with E-state index in [4.69, 9.17) is 15.2 Å². The molecule has 120 valence electrons. The summed E-state index contributed by atoms with van der Waals surface area (Å²) in [5.41, 5.74) is 6.33. The summed E-state index contributed by atoms with van der Waals surface area (Å²) in [7, 11) is -0.0664. The van der Waals surface area contributed by atoms with Crippen molar-refractivity contribution in [3.05, 3.63) is 23.8 Å². The van der Waals surface area contributed by atoms with E-state index in [1.165, 1.54) is 0 Å². The van der Waals surface area contributed by atoms with Gasteiger partial charge in [0, 0.05) is 6.54 Å². The third-order valence-electron chi connectivity index (χ3n) is 3.05. The Labute approximate surface area is 126 Å². The van der Waals surface area contributed by atoms with Crippen LogP contribution in [0.15, 0.2) is 18.2 Å². The van der Waals surface area contributed by atoms with Crippen LogP contribution in [0.2, 0.25) is 0 Å². The highest BCUT2D eigenvalue weighted by Gasteiger charge is 2.09. The van der Waals surface area contributed by atoms with Crippen molar-refractivity contribution in [3.8, 4) is 11.5 Å². The number of nitrogens with one attached hydrogen (secondary N) is 1. The lowest BCUT2D eigenvalue weighted by molar-refractivity contribution is 0.354. The molecule has 0 saturated heterocycles. The van der Waals surface area contributed by atoms with Crippen LogP contribution in [-0.4, -0.2) is 41.5 Å². The van der Waals surface area contributed by atoms with E-state index in [1.54, 1.807) is 14.2 Å². The minimum absolute atomic E-state index is 0.121. The van der Waals surface area contributed by atoms with Crippen molar-refractivity contribution >= 4 is 10.0 Å². The van der Waals surface area contributed by atoms with Gasteiger partial charge in [0.15, 0.2) is 11.5 Å². The van der Waals surface area contributed by atoms with Gasteiger partial charge in [-0.05, 0) is 43.5 Å². The second kappa shape index (κ2) is 8.86. The lowest BCUT2D eigenvalue weighted by atomic mass is 10.1. The molecule has 0 saturated carbocycles. The topological polar surface area (TPSA) is 90.7 Å². The smallest absolute Gasteiger partial charge is 0.211 e. The van der Waals surface area contributed by atoms with E-state index in [9.17, 15) is 8.42 Å². The monoisotopic (exact) mass is 316 g/mol. The Morgan fingerprint density at radius 2 is 1.86 bits per heavy atom. The predicted octanol–water partition coefficient (Wildman–Crippen LogP) is 0.905. The van der Waals surface area contributed by atoms with Gasteiger partial charge in [-0.2, -0.15) is 0 Å². The minimum atomic E-state index is -3.21. The molecular formula is C14H24N2O4S. The predicted molar refractivity (Wildman–Crippen MR) is 83.3 cm³/mol. The zero-order valence-electron chi connectivity index (χ0n) is 12.6. The van der Waals surface area contributed by atoms with Gasteiger partial charge in [-0.1, -0.05) is 6.07 Å². The molecule has 0 aliphatic rings. The first-order valence-electron chi connectivity index (χ1n) is 6.90. The van der Waals surface area contributed by atoms with E-state index >= 15 is 0 Å². The highest BCUT2D eigenvalue weighted by molar-refractivity contribution is 7.89. The van der Waals surface area contributed by atoms with Crippen LogP contribution in [0.4, 0.5) is 0 Å². The molecule has 0 bridgehead atoms. The molecule has 0 radical (unpaired) electrons. The molecule has 0 aliphatic heterocycles.